The molecule has 0 radical (unpaired) electrons. The van der Waals surface area contributed by atoms with Crippen molar-refractivity contribution in [3.8, 4) is 0 Å². The van der Waals surface area contributed by atoms with Gasteiger partial charge in [0.1, 0.15) is 19.3 Å². The fraction of sp³-hybridized carbons (Fsp3) is 0.923. The van der Waals surface area contributed by atoms with E-state index in [0.717, 1.165) is 38.5 Å². The van der Waals surface area contributed by atoms with Crippen LogP contribution in [0.25, 0.3) is 0 Å². The Morgan fingerprint density at radius 1 is 0.467 bits per heavy atom. The third kappa shape index (κ3) is 57.4. The number of hydrogen-bond acceptors (Lipinski definition) is 7. The summed E-state index contributed by atoms with van der Waals surface area (Å²) in [4.78, 5) is 25.5. The maximum atomic E-state index is 13.0. The van der Waals surface area contributed by atoms with E-state index < -0.39 is 32.7 Å². The minimum absolute atomic E-state index is 0.0466. The lowest BCUT2D eigenvalue weighted by molar-refractivity contribution is -0.870. The number of rotatable bonds is 61. The minimum Gasteiger partial charge on any atom is -0.756 e. The van der Waals surface area contributed by atoms with Gasteiger partial charge >= 0.3 is 0 Å². The fourth-order valence-electron chi connectivity index (χ4n) is 10.1. The third-order valence-electron chi connectivity index (χ3n) is 15.3. The number of likely N-dealkylation sites (N-methyl/N-ethyl adjacent to an activating group) is 1. The molecule has 1 amide bonds. The van der Waals surface area contributed by atoms with E-state index in [4.69, 9.17) is 9.05 Å². The van der Waals surface area contributed by atoms with E-state index in [2.05, 4.69) is 43.5 Å². The van der Waals surface area contributed by atoms with Gasteiger partial charge in [-0.2, -0.15) is 0 Å². The molecule has 4 atom stereocenters. The topological polar surface area (TPSA) is 128 Å². The highest BCUT2D eigenvalue weighted by atomic mass is 31.2. The zero-order valence-electron chi connectivity index (χ0n) is 50.6. The van der Waals surface area contributed by atoms with Crippen molar-refractivity contribution in [2.24, 2.45) is 0 Å². The van der Waals surface area contributed by atoms with Gasteiger partial charge in [0.05, 0.1) is 39.9 Å². The maximum Gasteiger partial charge on any atom is 0.268 e. The van der Waals surface area contributed by atoms with Crippen LogP contribution in [0.15, 0.2) is 24.3 Å². The Bertz CT molecular complexity index is 1290. The molecule has 0 aromatic rings. The molecule has 0 spiro atoms. The van der Waals surface area contributed by atoms with Crippen LogP contribution in [0.4, 0.5) is 0 Å². The number of carbonyl (C=O) groups is 1. The number of quaternary nitrogens is 1. The molecular formula is C65H129N2O7P. The van der Waals surface area contributed by atoms with Crippen LogP contribution in [-0.2, 0) is 18.4 Å². The molecule has 0 aromatic carbocycles. The first-order chi connectivity index (χ1) is 36.4. The van der Waals surface area contributed by atoms with Crippen molar-refractivity contribution in [2.45, 2.75) is 347 Å². The Kier molecular flexibility index (Phi) is 55.4. The van der Waals surface area contributed by atoms with Gasteiger partial charge in [-0.1, -0.05) is 295 Å². The molecule has 0 saturated carbocycles. The van der Waals surface area contributed by atoms with E-state index in [0.29, 0.717) is 30.3 Å². The number of nitrogens with one attached hydrogen (secondary N) is 1. The predicted octanol–water partition coefficient (Wildman–Crippen LogP) is 18.7. The summed E-state index contributed by atoms with van der Waals surface area (Å²) >= 11 is 0. The van der Waals surface area contributed by atoms with Gasteiger partial charge in [0.15, 0.2) is 0 Å². The van der Waals surface area contributed by atoms with E-state index in [-0.39, 0.29) is 18.9 Å². The first kappa shape index (κ1) is 73.9. The molecule has 0 aliphatic rings. The van der Waals surface area contributed by atoms with Crippen molar-refractivity contribution in [1.29, 1.82) is 0 Å². The molecule has 10 heteroatoms. The van der Waals surface area contributed by atoms with Gasteiger partial charge < -0.3 is 34.0 Å². The monoisotopic (exact) mass is 1080 g/mol. The molecule has 0 heterocycles. The molecule has 0 bridgehead atoms. The van der Waals surface area contributed by atoms with Crippen LogP contribution in [-0.4, -0.2) is 79.8 Å². The van der Waals surface area contributed by atoms with E-state index >= 15 is 0 Å². The Balaban J connectivity index is 3.89. The molecule has 0 aliphatic heterocycles. The number of nitrogens with zero attached hydrogens (tertiary/aromatic N) is 1. The summed E-state index contributed by atoms with van der Waals surface area (Å²) < 4.78 is 23.3. The van der Waals surface area contributed by atoms with E-state index in [1.165, 1.54) is 250 Å². The Hall–Kier alpha value is -1.06. The second-order valence-corrected chi connectivity index (χ2v) is 25.4. The number of unbranched alkanes of at least 4 members (excludes halogenated alkanes) is 43. The number of allylic oxidation sites excluding steroid dienone is 4. The van der Waals surface area contributed by atoms with E-state index in [9.17, 15) is 24.5 Å². The normalized spacial score (nSPS) is 14.3. The summed E-state index contributed by atoms with van der Waals surface area (Å²) in [6, 6.07) is -1.09. The van der Waals surface area contributed by atoms with Gasteiger partial charge in [0.25, 0.3) is 7.82 Å². The second-order valence-electron chi connectivity index (χ2n) is 24.0. The Morgan fingerprint density at radius 2 is 0.773 bits per heavy atom. The summed E-state index contributed by atoms with van der Waals surface area (Å²) in [5.74, 6) is -0.287. The van der Waals surface area contributed by atoms with Crippen LogP contribution in [0.3, 0.4) is 0 Å². The van der Waals surface area contributed by atoms with Gasteiger partial charge in [0.2, 0.25) is 5.91 Å². The highest BCUT2D eigenvalue weighted by molar-refractivity contribution is 7.45. The SMILES string of the molecule is CCCCC/C=C/CC/C=C/CCCC(O)C(O)C(COP(=O)([O-])OCC[N+](C)(C)C)NC(=O)CCCCCCCCCCCCCCCCCCCCCCCCCCCCCCCCCCCCCCCCC. The van der Waals surface area contributed by atoms with Crippen molar-refractivity contribution in [1.82, 2.24) is 5.32 Å². The number of aliphatic hydroxyl groups is 2. The maximum absolute atomic E-state index is 13.0. The van der Waals surface area contributed by atoms with Crippen molar-refractivity contribution in [2.75, 3.05) is 40.9 Å². The Labute approximate surface area is 467 Å². The van der Waals surface area contributed by atoms with Gasteiger partial charge in [-0.3, -0.25) is 9.36 Å². The van der Waals surface area contributed by atoms with Crippen molar-refractivity contribution in [3.63, 3.8) is 0 Å². The lowest BCUT2D eigenvalue weighted by Gasteiger charge is -2.31. The van der Waals surface area contributed by atoms with Crippen LogP contribution < -0.4 is 10.2 Å². The number of amides is 1. The summed E-state index contributed by atoms with van der Waals surface area (Å²) in [6.45, 7) is 4.42. The molecule has 446 valence electrons. The standard InChI is InChI=1S/C65H129N2O7P/c1-6-8-10-12-14-16-18-20-21-22-23-24-25-26-27-28-29-30-31-32-33-34-35-36-37-38-39-40-41-42-43-44-45-46-48-50-52-54-56-58-64(69)66-62(61-74-75(71,72)73-60-59-67(3,4)5)65(70)63(68)57-55-53-51-49-47-19-17-15-13-11-9-7-2/h15,17,49,51,62-63,65,68,70H,6-14,16,18-48,50,52-61H2,1-5H3,(H-,66,69,71,72)/b17-15+,51-49+. The summed E-state index contributed by atoms with van der Waals surface area (Å²) in [5, 5.41) is 24.7. The number of hydrogen-bond donors (Lipinski definition) is 3. The smallest absolute Gasteiger partial charge is 0.268 e. The summed E-state index contributed by atoms with van der Waals surface area (Å²) in [5.41, 5.74) is 0. The summed E-state index contributed by atoms with van der Waals surface area (Å²) in [7, 11) is 1.11. The molecule has 9 nitrogen and oxygen atoms in total. The second kappa shape index (κ2) is 56.2. The van der Waals surface area contributed by atoms with Gasteiger partial charge in [-0.05, 0) is 51.4 Å². The number of carbonyl (C=O) groups excluding carboxylic acids is 1. The average molecular weight is 1080 g/mol. The summed E-state index contributed by atoms with van der Waals surface area (Å²) in [6.07, 6.45) is 68.8. The lowest BCUT2D eigenvalue weighted by Crippen LogP contribution is -2.51. The zero-order valence-corrected chi connectivity index (χ0v) is 51.5. The largest absolute Gasteiger partial charge is 0.756 e. The zero-order chi connectivity index (χ0) is 55.0. The number of phosphoric ester groups is 1. The fourth-order valence-corrected chi connectivity index (χ4v) is 10.8. The van der Waals surface area contributed by atoms with Crippen molar-refractivity contribution < 1.29 is 38.0 Å². The molecule has 3 N–H and O–H groups in total. The molecule has 4 unspecified atom stereocenters. The Morgan fingerprint density at radius 3 is 1.12 bits per heavy atom. The molecular weight excluding hydrogens is 952 g/mol. The molecule has 0 fully saturated rings. The lowest BCUT2D eigenvalue weighted by atomic mass is 10.0. The van der Waals surface area contributed by atoms with Crippen molar-refractivity contribution >= 4 is 13.7 Å². The van der Waals surface area contributed by atoms with Crippen LogP contribution in [0.1, 0.15) is 328 Å². The number of aliphatic hydroxyl groups excluding tert-OH is 2. The quantitative estimate of drug-likeness (QED) is 0.0239. The van der Waals surface area contributed by atoms with Crippen LogP contribution >= 0.6 is 7.82 Å². The minimum atomic E-state index is -4.68. The first-order valence-electron chi connectivity index (χ1n) is 32.8. The molecule has 75 heavy (non-hydrogen) atoms. The first-order valence-corrected chi connectivity index (χ1v) is 34.2. The highest BCUT2D eigenvalue weighted by Crippen LogP contribution is 2.38. The predicted molar refractivity (Wildman–Crippen MR) is 322 cm³/mol. The van der Waals surface area contributed by atoms with Crippen LogP contribution in [0.5, 0.6) is 0 Å². The number of phosphoric acid groups is 1. The van der Waals surface area contributed by atoms with Gasteiger partial charge in [0, 0.05) is 6.42 Å². The molecule has 0 rings (SSSR count). The van der Waals surface area contributed by atoms with E-state index in [1.54, 1.807) is 0 Å². The van der Waals surface area contributed by atoms with Crippen molar-refractivity contribution in [3.05, 3.63) is 24.3 Å². The molecule has 0 aromatic heterocycles. The average Bonchev–Trinajstić information content (AvgIpc) is 3.37. The molecule has 0 saturated heterocycles. The highest BCUT2D eigenvalue weighted by Gasteiger charge is 2.29. The third-order valence-corrected chi connectivity index (χ3v) is 16.2. The van der Waals surface area contributed by atoms with E-state index in [1.807, 2.05) is 21.1 Å². The molecule has 0 aliphatic carbocycles. The van der Waals surface area contributed by atoms with Gasteiger partial charge in [-0.15, -0.1) is 0 Å². The van der Waals surface area contributed by atoms with Crippen LogP contribution in [0, 0.1) is 0 Å². The van der Waals surface area contributed by atoms with Crippen LogP contribution in [0.2, 0.25) is 0 Å². The van der Waals surface area contributed by atoms with Gasteiger partial charge in [-0.25, -0.2) is 0 Å².